The molecule has 1 atom stereocenters. The summed E-state index contributed by atoms with van der Waals surface area (Å²) in [5.41, 5.74) is 1.39. The third-order valence-corrected chi connectivity index (χ3v) is 3.10. The van der Waals surface area contributed by atoms with Gasteiger partial charge in [-0.3, -0.25) is 4.79 Å². The van der Waals surface area contributed by atoms with Crippen molar-refractivity contribution in [2.24, 2.45) is 0 Å². The first-order valence-electron chi connectivity index (χ1n) is 6.48. The summed E-state index contributed by atoms with van der Waals surface area (Å²) in [7, 11) is 0. The molecule has 2 aromatic rings. The summed E-state index contributed by atoms with van der Waals surface area (Å²) < 4.78 is 1.29. The molecule has 2 N–H and O–H groups in total. The number of aliphatic carboxylic acids is 2. The highest BCUT2D eigenvalue weighted by atomic mass is 16.4. The SMILES string of the molecule is CCC(C(=O)O)n1nnc(CC(=O)O)c1-c1ccccc1. The molecule has 1 aromatic carbocycles. The van der Waals surface area contributed by atoms with Gasteiger partial charge in [0.15, 0.2) is 6.04 Å². The fourth-order valence-corrected chi connectivity index (χ4v) is 2.15. The average molecular weight is 289 g/mol. The maximum absolute atomic E-state index is 11.3. The Kier molecular flexibility index (Phi) is 4.32. The lowest BCUT2D eigenvalue weighted by Gasteiger charge is -2.14. The number of carboxylic acid groups (broad SMARTS) is 2. The number of nitrogens with zero attached hydrogens (tertiary/aromatic N) is 3. The second-order valence-electron chi connectivity index (χ2n) is 4.53. The maximum atomic E-state index is 11.3. The van der Waals surface area contributed by atoms with Gasteiger partial charge in [-0.15, -0.1) is 5.10 Å². The highest BCUT2D eigenvalue weighted by molar-refractivity contribution is 5.76. The number of hydrogen-bond acceptors (Lipinski definition) is 4. The molecule has 1 heterocycles. The summed E-state index contributed by atoms with van der Waals surface area (Å²) >= 11 is 0. The van der Waals surface area contributed by atoms with Crippen molar-refractivity contribution in [2.45, 2.75) is 25.8 Å². The predicted molar refractivity (Wildman–Crippen MR) is 73.8 cm³/mol. The van der Waals surface area contributed by atoms with E-state index in [2.05, 4.69) is 10.3 Å². The number of benzene rings is 1. The minimum atomic E-state index is -1.04. The van der Waals surface area contributed by atoms with Gasteiger partial charge >= 0.3 is 11.9 Å². The molecule has 7 nitrogen and oxygen atoms in total. The summed E-state index contributed by atoms with van der Waals surface area (Å²) in [5.74, 6) is -2.07. The Hall–Kier alpha value is -2.70. The second-order valence-corrected chi connectivity index (χ2v) is 4.53. The monoisotopic (exact) mass is 289 g/mol. The van der Waals surface area contributed by atoms with E-state index in [1.54, 1.807) is 31.2 Å². The summed E-state index contributed by atoms with van der Waals surface area (Å²) in [6.45, 7) is 1.73. The van der Waals surface area contributed by atoms with Crippen molar-refractivity contribution in [2.75, 3.05) is 0 Å². The Labute approximate surface area is 120 Å². The minimum absolute atomic E-state index is 0.258. The van der Waals surface area contributed by atoms with Gasteiger partial charge in [0.05, 0.1) is 12.1 Å². The summed E-state index contributed by atoms with van der Waals surface area (Å²) in [6.07, 6.45) is 0.0192. The van der Waals surface area contributed by atoms with Crippen molar-refractivity contribution in [1.29, 1.82) is 0 Å². The normalized spacial score (nSPS) is 12.0. The highest BCUT2D eigenvalue weighted by Crippen LogP contribution is 2.26. The van der Waals surface area contributed by atoms with Crippen molar-refractivity contribution < 1.29 is 19.8 Å². The van der Waals surface area contributed by atoms with Crippen LogP contribution in [0.15, 0.2) is 30.3 Å². The molecular weight excluding hydrogens is 274 g/mol. The standard InChI is InChI=1S/C14H15N3O4/c1-2-11(14(20)21)17-13(9-6-4-3-5-7-9)10(15-16-17)8-12(18)19/h3-7,11H,2,8H2,1H3,(H,18,19)(H,20,21). The van der Waals surface area contributed by atoms with Crippen LogP contribution in [0.3, 0.4) is 0 Å². The van der Waals surface area contributed by atoms with E-state index in [1.165, 1.54) is 4.68 Å². The Balaban J connectivity index is 2.59. The van der Waals surface area contributed by atoms with E-state index in [9.17, 15) is 14.7 Å². The van der Waals surface area contributed by atoms with Crippen molar-refractivity contribution in [3.05, 3.63) is 36.0 Å². The lowest BCUT2D eigenvalue weighted by atomic mass is 10.1. The van der Waals surface area contributed by atoms with E-state index in [4.69, 9.17) is 5.11 Å². The van der Waals surface area contributed by atoms with Crippen LogP contribution in [0.1, 0.15) is 25.1 Å². The zero-order valence-corrected chi connectivity index (χ0v) is 11.4. The van der Waals surface area contributed by atoms with Gasteiger partial charge in [-0.1, -0.05) is 42.5 Å². The molecule has 0 radical (unpaired) electrons. The molecule has 1 unspecified atom stereocenters. The number of carbonyl (C=O) groups is 2. The van der Waals surface area contributed by atoms with Gasteiger partial charge in [0, 0.05) is 5.56 Å². The first-order chi connectivity index (χ1) is 10.0. The summed E-state index contributed by atoms with van der Waals surface area (Å²) in [6, 6.07) is 8.07. The highest BCUT2D eigenvalue weighted by Gasteiger charge is 2.25. The number of rotatable bonds is 6. The van der Waals surface area contributed by atoms with Crippen LogP contribution in [-0.2, 0) is 16.0 Å². The van der Waals surface area contributed by atoms with Crippen LogP contribution in [0.5, 0.6) is 0 Å². The van der Waals surface area contributed by atoms with E-state index < -0.39 is 18.0 Å². The number of carboxylic acids is 2. The zero-order valence-electron chi connectivity index (χ0n) is 11.4. The fraction of sp³-hybridized carbons (Fsp3) is 0.286. The lowest BCUT2D eigenvalue weighted by Crippen LogP contribution is -2.20. The van der Waals surface area contributed by atoms with Gasteiger partial charge in [-0.2, -0.15) is 0 Å². The predicted octanol–water partition coefficient (Wildman–Crippen LogP) is 1.61. The molecule has 1 aromatic heterocycles. The first-order valence-corrected chi connectivity index (χ1v) is 6.48. The molecule has 0 amide bonds. The topological polar surface area (TPSA) is 105 Å². The van der Waals surface area contributed by atoms with Crippen LogP contribution >= 0.6 is 0 Å². The molecule has 0 bridgehead atoms. The number of hydrogen-bond donors (Lipinski definition) is 2. The third kappa shape index (κ3) is 3.07. The molecule has 0 saturated carbocycles. The smallest absolute Gasteiger partial charge is 0.328 e. The van der Waals surface area contributed by atoms with Crippen molar-refractivity contribution in [1.82, 2.24) is 15.0 Å². The molecule has 110 valence electrons. The van der Waals surface area contributed by atoms with Crippen LogP contribution in [0.25, 0.3) is 11.3 Å². The maximum Gasteiger partial charge on any atom is 0.328 e. The quantitative estimate of drug-likeness (QED) is 0.837. The Morgan fingerprint density at radius 3 is 2.43 bits per heavy atom. The minimum Gasteiger partial charge on any atom is -0.481 e. The van der Waals surface area contributed by atoms with Crippen molar-refractivity contribution in [3.8, 4) is 11.3 Å². The molecular formula is C14H15N3O4. The summed E-state index contributed by atoms with van der Waals surface area (Å²) in [5, 5.41) is 26.0. The van der Waals surface area contributed by atoms with E-state index in [0.29, 0.717) is 17.7 Å². The molecule has 0 spiro atoms. The number of aromatic nitrogens is 3. The largest absolute Gasteiger partial charge is 0.481 e. The average Bonchev–Trinajstić information content (AvgIpc) is 2.83. The van der Waals surface area contributed by atoms with E-state index in [1.807, 2.05) is 6.07 Å². The molecule has 0 aliphatic carbocycles. The van der Waals surface area contributed by atoms with Gasteiger partial charge in [-0.05, 0) is 6.42 Å². The molecule has 7 heteroatoms. The third-order valence-electron chi connectivity index (χ3n) is 3.10. The van der Waals surface area contributed by atoms with E-state index in [-0.39, 0.29) is 12.1 Å². The molecule has 21 heavy (non-hydrogen) atoms. The molecule has 0 fully saturated rings. The van der Waals surface area contributed by atoms with E-state index >= 15 is 0 Å². The molecule has 0 saturated heterocycles. The van der Waals surface area contributed by atoms with Gasteiger partial charge < -0.3 is 10.2 Å². The lowest BCUT2D eigenvalue weighted by molar-refractivity contribution is -0.141. The zero-order chi connectivity index (χ0) is 15.4. The Morgan fingerprint density at radius 2 is 1.90 bits per heavy atom. The van der Waals surface area contributed by atoms with Crippen LogP contribution in [0.4, 0.5) is 0 Å². The molecule has 0 aliphatic rings. The first kappa shape index (κ1) is 14.7. The van der Waals surface area contributed by atoms with Gasteiger partial charge in [0.1, 0.15) is 5.69 Å². The molecule has 0 aliphatic heterocycles. The van der Waals surface area contributed by atoms with Gasteiger partial charge in [0.2, 0.25) is 0 Å². The summed E-state index contributed by atoms with van der Waals surface area (Å²) in [4.78, 5) is 22.3. The van der Waals surface area contributed by atoms with Crippen molar-refractivity contribution >= 4 is 11.9 Å². The van der Waals surface area contributed by atoms with Crippen LogP contribution in [0, 0.1) is 0 Å². The Bertz CT molecular complexity index is 651. The van der Waals surface area contributed by atoms with Crippen molar-refractivity contribution in [3.63, 3.8) is 0 Å². The van der Waals surface area contributed by atoms with Crippen LogP contribution in [-0.4, -0.2) is 37.1 Å². The molecule has 2 rings (SSSR count). The fourth-order valence-electron chi connectivity index (χ4n) is 2.15. The van der Waals surface area contributed by atoms with Crippen LogP contribution < -0.4 is 0 Å². The second kappa shape index (κ2) is 6.17. The van der Waals surface area contributed by atoms with Gasteiger partial charge in [-0.25, -0.2) is 9.48 Å². The van der Waals surface area contributed by atoms with Gasteiger partial charge in [0.25, 0.3) is 0 Å². The van der Waals surface area contributed by atoms with Crippen LogP contribution in [0.2, 0.25) is 0 Å². The van der Waals surface area contributed by atoms with E-state index in [0.717, 1.165) is 0 Å². The Morgan fingerprint density at radius 1 is 1.24 bits per heavy atom.